The number of para-hydroxylation sites is 1. The van der Waals surface area contributed by atoms with Crippen LogP contribution in [0.2, 0.25) is 0 Å². The molecule has 0 spiro atoms. The Morgan fingerprint density at radius 2 is 1.93 bits per heavy atom. The fourth-order valence-corrected chi connectivity index (χ4v) is 3.55. The zero-order valence-electron chi connectivity index (χ0n) is 16.1. The summed E-state index contributed by atoms with van der Waals surface area (Å²) < 4.78 is 5.38. The van der Waals surface area contributed by atoms with Crippen LogP contribution >= 0.6 is 11.3 Å². The Kier molecular flexibility index (Phi) is 5.36. The number of nitrogens with zero attached hydrogens (tertiary/aromatic N) is 3. The zero-order valence-corrected chi connectivity index (χ0v) is 16.9. The van der Waals surface area contributed by atoms with Gasteiger partial charge in [-0.1, -0.05) is 48.5 Å². The highest BCUT2D eigenvalue weighted by molar-refractivity contribution is 7.09. The van der Waals surface area contributed by atoms with E-state index < -0.39 is 12.1 Å². The molecule has 0 fully saturated rings. The largest absolute Gasteiger partial charge is 0.394 e. The number of hydrogen-bond donors (Lipinski definition) is 3. The standard InChI is InChI=1S/C21H18N6O2S/c1-12-24-16(11-30-12)18(22)29-21(23)27-19-20(28)25-15-10-6-5-9-14(15)17(26-19)13-7-3-2-4-8-13/h2-11,19,22H,1H3,(H2,23,27)(H,25,28)/p+1. The molecule has 0 saturated heterocycles. The second kappa shape index (κ2) is 8.26. The number of nitrogens with two attached hydrogens (primary N) is 2. The van der Waals surface area contributed by atoms with E-state index in [2.05, 4.69) is 20.3 Å². The first kappa shape index (κ1) is 19.5. The Balaban J connectivity index is 1.68. The van der Waals surface area contributed by atoms with E-state index in [1.807, 2.05) is 61.5 Å². The van der Waals surface area contributed by atoms with E-state index >= 15 is 0 Å². The summed E-state index contributed by atoms with van der Waals surface area (Å²) in [6.07, 6.45) is -1.14. The second-order valence-corrected chi connectivity index (χ2v) is 7.50. The van der Waals surface area contributed by atoms with E-state index in [1.165, 1.54) is 11.3 Å². The van der Waals surface area contributed by atoms with Crippen LogP contribution in [0.3, 0.4) is 0 Å². The summed E-state index contributed by atoms with van der Waals surface area (Å²) >= 11 is 1.43. The molecule has 4 rings (SSSR count). The number of fused-ring (bicyclic) bond motifs is 1. The first-order valence-corrected chi connectivity index (χ1v) is 9.99. The summed E-state index contributed by atoms with van der Waals surface area (Å²) in [7, 11) is 0. The van der Waals surface area contributed by atoms with E-state index in [4.69, 9.17) is 15.9 Å². The molecule has 0 bridgehead atoms. The molecule has 30 heavy (non-hydrogen) atoms. The van der Waals surface area contributed by atoms with Crippen LogP contribution in [0, 0.1) is 6.92 Å². The Morgan fingerprint density at radius 3 is 2.67 bits per heavy atom. The van der Waals surface area contributed by atoms with Gasteiger partial charge in [-0.2, -0.15) is 4.99 Å². The highest BCUT2D eigenvalue weighted by Gasteiger charge is 2.26. The van der Waals surface area contributed by atoms with Gasteiger partial charge in [0.05, 0.1) is 16.4 Å². The quantitative estimate of drug-likeness (QED) is 0.434. The van der Waals surface area contributed by atoms with E-state index in [0.29, 0.717) is 17.1 Å². The van der Waals surface area contributed by atoms with Crippen LogP contribution in [0.5, 0.6) is 0 Å². The van der Waals surface area contributed by atoms with E-state index in [9.17, 15) is 4.79 Å². The van der Waals surface area contributed by atoms with Crippen molar-refractivity contribution in [3.05, 3.63) is 81.8 Å². The number of hydrogen-bond acceptors (Lipinski definition) is 6. The average Bonchev–Trinajstić information content (AvgIpc) is 3.13. The average molecular weight is 419 g/mol. The minimum atomic E-state index is -1.14. The van der Waals surface area contributed by atoms with Crippen molar-refractivity contribution in [2.24, 2.45) is 15.7 Å². The maximum Gasteiger partial charge on any atom is 0.394 e. The number of carbonyl (C=O) groups excluding carboxylic acids is 1. The number of carbonyl (C=O) groups is 1. The van der Waals surface area contributed by atoms with Crippen molar-refractivity contribution in [1.29, 1.82) is 0 Å². The van der Waals surface area contributed by atoms with Gasteiger partial charge in [-0.15, -0.1) is 11.3 Å². The van der Waals surface area contributed by atoms with Gasteiger partial charge in [0.2, 0.25) is 6.17 Å². The van der Waals surface area contributed by atoms with Gasteiger partial charge in [-0.25, -0.2) is 15.4 Å². The Morgan fingerprint density at radius 1 is 1.20 bits per heavy atom. The SMILES string of the molecule is Cc1nc(C(=[NH2+])O/C(N)=N/C2N=C(c3ccccc3)c3ccccc3NC2=O)cs1. The fourth-order valence-electron chi connectivity index (χ4n) is 2.95. The van der Waals surface area contributed by atoms with Crippen LogP contribution in [-0.2, 0) is 9.53 Å². The number of anilines is 1. The molecule has 5 N–H and O–H groups in total. The molecule has 2 aromatic carbocycles. The predicted octanol–water partition coefficient (Wildman–Crippen LogP) is 1.10. The molecular weight excluding hydrogens is 400 g/mol. The number of aromatic nitrogens is 1. The molecule has 1 aliphatic rings. The number of amidine groups is 1. The fraction of sp³-hybridized carbons (Fsp3) is 0.0952. The van der Waals surface area contributed by atoms with Gasteiger partial charge in [0.25, 0.3) is 11.9 Å². The third-order valence-electron chi connectivity index (χ3n) is 4.31. The Bertz CT molecular complexity index is 1170. The molecule has 8 nitrogen and oxygen atoms in total. The summed E-state index contributed by atoms with van der Waals surface area (Å²) in [6.45, 7) is 1.85. The van der Waals surface area contributed by atoms with Crippen molar-refractivity contribution in [2.75, 3.05) is 5.32 Å². The monoisotopic (exact) mass is 419 g/mol. The number of aryl methyl sites for hydroxylation is 1. The molecule has 9 heteroatoms. The van der Waals surface area contributed by atoms with Crippen molar-refractivity contribution in [3.8, 4) is 0 Å². The minimum absolute atomic E-state index is 0.00480. The maximum atomic E-state index is 12.8. The zero-order chi connectivity index (χ0) is 21.1. The molecular formula is C21H19N6O2S+. The topological polar surface area (TPSA) is 128 Å². The molecule has 150 valence electrons. The summed E-state index contributed by atoms with van der Waals surface area (Å²) in [5, 5.41) is 11.3. The van der Waals surface area contributed by atoms with Crippen LogP contribution in [0.25, 0.3) is 0 Å². The van der Waals surface area contributed by atoms with Crippen molar-refractivity contribution in [1.82, 2.24) is 4.98 Å². The van der Waals surface area contributed by atoms with Gasteiger partial charge >= 0.3 is 5.90 Å². The highest BCUT2D eigenvalue weighted by Crippen LogP contribution is 2.24. The lowest BCUT2D eigenvalue weighted by Gasteiger charge is -2.09. The highest BCUT2D eigenvalue weighted by atomic mass is 32.1. The number of ether oxygens (including phenoxy) is 1. The third kappa shape index (κ3) is 4.11. The molecule has 1 aliphatic heterocycles. The van der Waals surface area contributed by atoms with Gasteiger partial charge in [0, 0.05) is 16.5 Å². The minimum Gasteiger partial charge on any atom is -0.370 e. The molecule has 0 aliphatic carbocycles. The Labute approximate surface area is 176 Å². The lowest BCUT2D eigenvalue weighted by atomic mass is 10.0. The lowest BCUT2D eigenvalue weighted by Crippen LogP contribution is -2.45. The molecule has 1 atom stereocenters. The van der Waals surface area contributed by atoms with Gasteiger partial charge < -0.3 is 15.8 Å². The predicted molar refractivity (Wildman–Crippen MR) is 117 cm³/mol. The molecule has 0 radical (unpaired) electrons. The van der Waals surface area contributed by atoms with E-state index in [0.717, 1.165) is 16.1 Å². The van der Waals surface area contributed by atoms with Crippen LogP contribution in [0.4, 0.5) is 5.69 Å². The first-order valence-electron chi connectivity index (χ1n) is 9.11. The van der Waals surface area contributed by atoms with E-state index in [-0.39, 0.29) is 11.9 Å². The van der Waals surface area contributed by atoms with Crippen molar-refractivity contribution in [3.63, 3.8) is 0 Å². The van der Waals surface area contributed by atoms with Gasteiger partial charge in [-0.05, 0) is 13.0 Å². The van der Waals surface area contributed by atoms with Crippen molar-refractivity contribution >= 4 is 40.6 Å². The van der Waals surface area contributed by atoms with Crippen LogP contribution in [0.1, 0.15) is 21.8 Å². The van der Waals surface area contributed by atoms with Crippen LogP contribution in [0.15, 0.2) is 70.0 Å². The second-order valence-electron chi connectivity index (χ2n) is 6.44. The van der Waals surface area contributed by atoms with Crippen molar-refractivity contribution < 1.29 is 14.9 Å². The number of rotatable bonds is 3. The summed E-state index contributed by atoms with van der Waals surface area (Å²) in [5.74, 6) is -0.423. The van der Waals surface area contributed by atoms with Gasteiger partial charge in [0.15, 0.2) is 5.69 Å². The molecule has 2 heterocycles. The summed E-state index contributed by atoms with van der Waals surface area (Å²) in [5.41, 5.74) is 9.28. The lowest BCUT2D eigenvalue weighted by molar-refractivity contribution is -0.131. The first-order chi connectivity index (χ1) is 14.5. The molecule has 1 amide bonds. The number of amides is 1. The summed E-state index contributed by atoms with van der Waals surface area (Å²) in [4.78, 5) is 25.7. The van der Waals surface area contributed by atoms with Crippen LogP contribution < -0.4 is 16.5 Å². The number of benzodiazepines with no additional fused rings is 1. The Hall–Kier alpha value is -3.85. The molecule has 0 saturated carbocycles. The molecule has 1 unspecified atom stereocenters. The van der Waals surface area contributed by atoms with Crippen molar-refractivity contribution in [2.45, 2.75) is 13.1 Å². The van der Waals surface area contributed by atoms with E-state index in [1.54, 1.807) is 5.38 Å². The van der Waals surface area contributed by atoms with Gasteiger partial charge in [-0.3, -0.25) is 4.79 Å². The van der Waals surface area contributed by atoms with Gasteiger partial charge in [0.1, 0.15) is 0 Å². The summed E-state index contributed by atoms with van der Waals surface area (Å²) in [6, 6.07) is 16.7. The maximum absolute atomic E-state index is 12.8. The number of nitrogens with one attached hydrogen (secondary N) is 1. The number of benzene rings is 2. The third-order valence-corrected chi connectivity index (χ3v) is 5.08. The van der Waals surface area contributed by atoms with Crippen LogP contribution in [-0.4, -0.2) is 34.7 Å². The number of aliphatic imine (C=N–C) groups is 2. The normalized spacial score (nSPS) is 16.2. The smallest absolute Gasteiger partial charge is 0.370 e. The molecule has 3 aromatic rings. The number of thiazole rings is 1. The molecule has 1 aromatic heterocycles.